The van der Waals surface area contributed by atoms with Crippen LogP contribution in [-0.2, 0) is 0 Å². The molecule has 13 rings (SSSR count). The van der Waals surface area contributed by atoms with Gasteiger partial charge in [0.2, 0.25) is 5.95 Å². The van der Waals surface area contributed by atoms with Crippen molar-refractivity contribution in [2.24, 2.45) is 0 Å². The molecule has 0 fully saturated rings. The average molecular weight is 796 g/mol. The summed E-state index contributed by atoms with van der Waals surface area (Å²) in [6, 6.07) is 67.7. The van der Waals surface area contributed by atoms with Gasteiger partial charge in [-0.2, -0.15) is 0 Å². The van der Waals surface area contributed by atoms with Gasteiger partial charge in [-0.05, 0) is 98.9 Å². The molecule has 6 heteroatoms. The van der Waals surface area contributed by atoms with Crippen molar-refractivity contribution in [1.82, 2.24) is 24.1 Å². The average Bonchev–Trinajstić information content (AvgIpc) is 4.02. The van der Waals surface area contributed by atoms with Crippen LogP contribution in [0.25, 0.3) is 120 Å². The molecule has 0 spiro atoms. The van der Waals surface area contributed by atoms with Crippen molar-refractivity contribution in [2.75, 3.05) is 0 Å². The van der Waals surface area contributed by atoms with Crippen molar-refractivity contribution in [3.63, 3.8) is 0 Å². The highest BCUT2D eigenvalue weighted by Gasteiger charge is 2.22. The van der Waals surface area contributed by atoms with E-state index in [-0.39, 0.29) is 0 Å². The van der Waals surface area contributed by atoms with E-state index in [9.17, 15) is 0 Å². The second kappa shape index (κ2) is 13.3. The Kier molecular flexibility index (Phi) is 7.41. The second-order valence-corrected chi connectivity index (χ2v) is 16.7. The Morgan fingerprint density at radius 1 is 0.393 bits per heavy atom. The Bertz CT molecular complexity index is 3860. The van der Waals surface area contributed by atoms with Crippen LogP contribution in [0.5, 0.6) is 0 Å². The van der Waals surface area contributed by atoms with Crippen molar-refractivity contribution < 1.29 is 0 Å². The molecule has 0 radical (unpaired) electrons. The summed E-state index contributed by atoms with van der Waals surface area (Å²) in [5, 5.41) is 9.77. The predicted octanol–water partition coefficient (Wildman–Crippen LogP) is 14.6. The highest BCUT2D eigenvalue weighted by Crippen LogP contribution is 2.43. The third-order valence-electron chi connectivity index (χ3n) is 12.2. The van der Waals surface area contributed by atoms with E-state index >= 15 is 0 Å². The van der Waals surface area contributed by atoms with E-state index < -0.39 is 0 Å². The van der Waals surface area contributed by atoms with Crippen LogP contribution < -0.4 is 0 Å². The molecule has 13 aromatic rings. The number of rotatable bonds is 5. The zero-order chi connectivity index (χ0) is 40.0. The fourth-order valence-corrected chi connectivity index (χ4v) is 10.6. The first-order chi connectivity index (χ1) is 30.2. The molecule has 0 aliphatic carbocycles. The van der Waals surface area contributed by atoms with E-state index in [1.165, 1.54) is 48.7 Å². The van der Waals surface area contributed by atoms with Gasteiger partial charge in [-0.1, -0.05) is 127 Å². The van der Waals surface area contributed by atoms with Crippen LogP contribution in [0.2, 0.25) is 0 Å². The highest BCUT2D eigenvalue weighted by molar-refractivity contribution is 7.22. The molecule has 0 unspecified atom stereocenters. The van der Waals surface area contributed by atoms with E-state index in [1.807, 2.05) is 12.4 Å². The Labute approximate surface area is 354 Å². The lowest BCUT2D eigenvalue weighted by Crippen LogP contribution is -2.02. The zero-order valence-corrected chi connectivity index (χ0v) is 33.5. The molecule has 0 atom stereocenters. The first kappa shape index (κ1) is 34.0. The lowest BCUT2D eigenvalue weighted by Gasteiger charge is -2.10. The maximum atomic E-state index is 5.44. The van der Waals surface area contributed by atoms with Gasteiger partial charge in [0.25, 0.3) is 0 Å². The topological polar surface area (TPSA) is 48.5 Å². The van der Waals surface area contributed by atoms with Crippen molar-refractivity contribution in [3.8, 4) is 44.5 Å². The standard InChI is InChI=1S/C55H33N5S/c1-3-13-37(14-4-1)53-54-45(33-50(61-54)36-27-29-56-30-28-36)57-55(58-53)60-46-24-22-38(31-44(46)52-42-18-10-8-12-35(42)21-26-48(52)60)39-19-23-43-49(32-39)59(40-15-5-2-6-16-40)47-25-20-34-11-7-9-17-41(34)51(43)47/h1-33H. The van der Waals surface area contributed by atoms with Crippen LogP contribution in [0.3, 0.4) is 0 Å². The third-order valence-corrected chi connectivity index (χ3v) is 13.4. The number of para-hydroxylation sites is 1. The quantitative estimate of drug-likeness (QED) is 0.174. The SMILES string of the molecule is c1ccc(-c2nc(-n3c4ccc(-c5ccc6c7c8ccccc8ccc7n(-c7ccccc7)c6c5)cc4c4c5ccccc5ccc43)nc3cc(-c4ccncc4)sc23)cc1. The Morgan fingerprint density at radius 2 is 1.02 bits per heavy atom. The summed E-state index contributed by atoms with van der Waals surface area (Å²) in [6.07, 6.45) is 3.68. The fourth-order valence-electron chi connectivity index (χ4n) is 9.48. The molecule has 5 heterocycles. The molecule has 284 valence electrons. The first-order valence-electron chi connectivity index (χ1n) is 20.5. The molecular formula is C55H33N5S. The summed E-state index contributed by atoms with van der Waals surface area (Å²) >= 11 is 1.72. The number of nitrogens with zero attached hydrogens (tertiary/aromatic N) is 5. The number of hydrogen-bond acceptors (Lipinski definition) is 4. The summed E-state index contributed by atoms with van der Waals surface area (Å²) in [4.78, 5) is 16.2. The number of fused-ring (bicyclic) bond motifs is 11. The Hall–Kier alpha value is -7.93. The number of benzene rings is 8. The smallest absolute Gasteiger partial charge is 0.235 e. The number of aromatic nitrogens is 5. The lowest BCUT2D eigenvalue weighted by atomic mass is 9.98. The van der Waals surface area contributed by atoms with Crippen molar-refractivity contribution in [3.05, 3.63) is 200 Å². The van der Waals surface area contributed by atoms with Crippen LogP contribution in [0.4, 0.5) is 0 Å². The van der Waals surface area contributed by atoms with Crippen LogP contribution in [0.1, 0.15) is 0 Å². The normalized spacial score (nSPS) is 11.9. The van der Waals surface area contributed by atoms with Gasteiger partial charge >= 0.3 is 0 Å². The van der Waals surface area contributed by atoms with Crippen LogP contribution in [0.15, 0.2) is 200 Å². The molecular weight excluding hydrogens is 763 g/mol. The molecule has 5 aromatic heterocycles. The molecule has 0 bridgehead atoms. The summed E-state index contributed by atoms with van der Waals surface area (Å²) in [7, 11) is 0. The van der Waals surface area contributed by atoms with Crippen molar-refractivity contribution in [1.29, 1.82) is 0 Å². The monoisotopic (exact) mass is 795 g/mol. The van der Waals surface area contributed by atoms with E-state index in [4.69, 9.17) is 9.97 Å². The largest absolute Gasteiger partial charge is 0.309 e. The second-order valence-electron chi connectivity index (χ2n) is 15.6. The lowest BCUT2D eigenvalue weighted by molar-refractivity contribution is 1.02. The molecule has 5 nitrogen and oxygen atoms in total. The van der Waals surface area contributed by atoms with Crippen molar-refractivity contribution in [2.45, 2.75) is 0 Å². The van der Waals surface area contributed by atoms with Gasteiger partial charge in [0.05, 0.1) is 38.0 Å². The molecule has 0 saturated heterocycles. The maximum absolute atomic E-state index is 5.44. The minimum atomic E-state index is 0.648. The van der Waals surface area contributed by atoms with Crippen LogP contribution in [0, 0.1) is 0 Å². The highest BCUT2D eigenvalue weighted by atomic mass is 32.1. The van der Waals surface area contributed by atoms with Gasteiger partial charge in [0, 0.05) is 50.1 Å². The molecule has 0 aliphatic heterocycles. The molecule has 0 aliphatic rings. The van der Waals surface area contributed by atoms with E-state index in [1.54, 1.807) is 11.3 Å². The zero-order valence-electron chi connectivity index (χ0n) is 32.7. The summed E-state index contributed by atoms with van der Waals surface area (Å²) in [5.74, 6) is 0.648. The molecule has 0 amide bonds. The van der Waals surface area contributed by atoms with Gasteiger partial charge in [0.15, 0.2) is 0 Å². The first-order valence-corrected chi connectivity index (χ1v) is 21.3. The minimum absolute atomic E-state index is 0.648. The summed E-state index contributed by atoms with van der Waals surface area (Å²) < 4.78 is 5.74. The number of hydrogen-bond donors (Lipinski definition) is 0. The van der Waals surface area contributed by atoms with Gasteiger partial charge in [0.1, 0.15) is 0 Å². The molecule has 61 heavy (non-hydrogen) atoms. The van der Waals surface area contributed by atoms with E-state index in [2.05, 4.69) is 202 Å². The van der Waals surface area contributed by atoms with Crippen LogP contribution in [-0.4, -0.2) is 24.1 Å². The Morgan fingerprint density at radius 3 is 1.77 bits per heavy atom. The van der Waals surface area contributed by atoms with Gasteiger partial charge in [-0.15, -0.1) is 11.3 Å². The van der Waals surface area contributed by atoms with Gasteiger partial charge in [-0.25, -0.2) is 9.97 Å². The third kappa shape index (κ3) is 5.22. The maximum Gasteiger partial charge on any atom is 0.235 e. The van der Waals surface area contributed by atoms with Crippen molar-refractivity contribution >= 4 is 86.7 Å². The molecule has 8 aromatic carbocycles. The fraction of sp³-hybridized carbons (Fsp3) is 0. The van der Waals surface area contributed by atoms with Gasteiger partial charge in [-0.3, -0.25) is 9.55 Å². The predicted molar refractivity (Wildman–Crippen MR) is 255 cm³/mol. The summed E-state index contributed by atoms with van der Waals surface area (Å²) in [5.41, 5.74) is 12.0. The van der Waals surface area contributed by atoms with Gasteiger partial charge < -0.3 is 4.57 Å². The number of thiophene rings is 1. The molecule has 0 N–H and O–H groups in total. The Balaban J connectivity index is 1.07. The molecule has 0 saturated carbocycles. The van der Waals surface area contributed by atoms with Crippen LogP contribution >= 0.6 is 11.3 Å². The number of pyridine rings is 1. The van der Waals surface area contributed by atoms with E-state index in [0.717, 1.165) is 65.1 Å². The van der Waals surface area contributed by atoms with E-state index in [0.29, 0.717) is 5.95 Å². The minimum Gasteiger partial charge on any atom is -0.309 e. The summed E-state index contributed by atoms with van der Waals surface area (Å²) in [6.45, 7) is 0.